The van der Waals surface area contributed by atoms with Crippen molar-refractivity contribution in [3.8, 4) is 0 Å². The van der Waals surface area contributed by atoms with Crippen molar-refractivity contribution in [2.45, 2.75) is 20.5 Å². The summed E-state index contributed by atoms with van der Waals surface area (Å²) in [5.41, 5.74) is 2.40. The number of hydrogen-bond donors (Lipinski definition) is 0. The van der Waals surface area contributed by atoms with Crippen LogP contribution in [0.3, 0.4) is 0 Å². The lowest BCUT2D eigenvalue weighted by molar-refractivity contribution is -0.386. The highest BCUT2D eigenvalue weighted by Crippen LogP contribution is 2.22. The zero-order valence-electron chi connectivity index (χ0n) is 13.3. The summed E-state index contributed by atoms with van der Waals surface area (Å²) < 4.78 is 1.73. The van der Waals surface area contributed by atoms with Crippen LogP contribution < -0.4 is 4.90 Å². The van der Waals surface area contributed by atoms with E-state index in [1.165, 1.54) is 5.69 Å². The van der Waals surface area contributed by atoms with E-state index >= 15 is 0 Å². The largest absolute Gasteiger partial charge is 0.369 e. The van der Waals surface area contributed by atoms with Crippen molar-refractivity contribution >= 4 is 11.4 Å². The van der Waals surface area contributed by atoms with Gasteiger partial charge < -0.3 is 4.90 Å². The molecule has 0 spiro atoms. The summed E-state index contributed by atoms with van der Waals surface area (Å²) in [4.78, 5) is 19.4. The molecule has 0 aromatic carbocycles. The van der Waals surface area contributed by atoms with Crippen LogP contribution in [-0.4, -0.2) is 50.8 Å². The topological polar surface area (TPSA) is 80.3 Å². The van der Waals surface area contributed by atoms with Crippen LogP contribution in [0.2, 0.25) is 0 Å². The molecule has 2 aromatic heterocycles. The van der Waals surface area contributed by atoms with E-state index < -0.39 is 0 Å². The third kappa shape index (κ3) is 3.16. The van der Waals surface area contributed by atoms with Gasteiger partial charge in [-0.2, -0.15) is 5.10 Å². The molecule has 1 saturated heterocycles. The highest BCUT2D eigenvalue weighted by atomic mass is 16.6. The van der Waals surface area contributed by atoms with E-state index in [1.807, 2.05) is 12.1 Å². The minimum atomic E-state index is -0.352. The first-order chi connectivity index (χ1) is 11.1. The molecule has 2 aromatic rings. The first-order valence-electron chi connectivity index (χ1n) is 7.62. The summed E-state index contributed by atoms with van der Waals surface area (Å²) >= 11 is 0. The highest BCUT2D eigenvalue weighted by Gasteiger charge is 2.24. The molecule has 0 saturated carbocycles. The summed E-state index contributed by atoms with van der Waals surface area (Å²) in [6, 6.07) is 4.03. The molecule has 0 atom stereocenters. The molecule has 0 amide bonds. The maximum Gasteiger partial charge on any atom is 0.312 e. The van der Waals surface area contributed by atoms with Crippen molar-refractivity contribution in [3.05, 3.63) is 46.0 Å². The second-order valence-electron chi connectivity index (χ2n) is 5.73. The standard InChI is InChI=1S/C15H20N6O2/c1-12-15(21(22)23)13(2)20(17-12)11-18-7-9-19(10-8-18)14-3-5-16-6-4-14/h3-6H,7-11H2,1-2H3. The maximum absolute atomic E-state index is 11.1. The lowest BCUT2D eigenvalue weighted by Crippen LogP contribution is -2.47. The van der Waals surface area contributed by atoms with E-state index in [2.05, 4.69) is 19.9 Å². The molecule has 0 aliphatic carbocycles. The number of nitrogens with zero attached hydrogens (tertiary/aromatic N) is 6. The Kier molecular flexibility index (Phi) is 4.24. The first-order valence-corrected chi connectivity index (χ1v) is 7.62. The monoisotopic (exact) mass is 316 g/mol. The van der Waals surface area contributed by atoms with Crippen molar-refractivity contribution in [1.29, 1.82) is 0 Å². The maximum atomic E-state index is 11.1. The highest BCUT2D eigenvalue weighted by molar-refractivity contribution is 5.45. The summed E-state index contributed by atoms with van der Waals surface area (Å²) in [5, 5.41) is 15.4. The smallest absolute Gasteiger partial charge is 0.312 e. The Hall–Kier alpha value is -2.48. The quantitative estimate of drug-likeness (QED) is 0.629. The molecular formula is C15H20N6O2. The number of nitro groups is 1. The average molecular weight is 316 g/mol. The molecule has 1 aliphatic rings. The van der Waals surface area contributed by atoms with Gasteiger partial charge in [0.25, 0.3) is 0 Å². The molecule has 8 heteroatoms. The molecule has 0 unspecified atom stereocenters. The average Bonchev–Trinajstić information content (AvgIpc) is 2.83. The molecule has 3 rings (SSSR count). The van der Waals surface area contributed by atoms with Gasteiger partial charge in [0.2, 0.25) is 0 Å². The van der Waals surface area contributed by atoms with E-state index in [0.717, 1.165) is 26.2 Å². The lowest BCUT2D eigenvalue weighted by atomic mass is 10.3. The zero-order chi connectivity index (χ0) is 16.4. The van der Waals surface area contributed by atoms with Crippen LogP contribution in [0.25, 0.3) is 0 Å². The molecule has 1 aliphatic heterocycles. The van der Waals surface area contributed by atoms with Crippen LogP contribution >= 0.6 is 0 Å². The van der Waals surface area contributed by atoms with E-state index in [1.54, 1.807) is 30.9 Å². The molecule has 8 nitrogen and oxygen atoms in total. The van der Waals surface area contributed by atoms with Crippen LogP contribution in [0.1, 0.15) is 11.4 Å². The van der Waals surface area contributed by atoms with Gasteiger partial charge in [0, 0.05) is 44.3 Å². The van der Waals surface area contributed by atoms with Crippen LogP contribution in [0, 0.1) is 24.0 Å². The van der Waals surface area contributed by atoms with Crippen molar-refractivity contribution in [2.24, 2.45) is 0 Å². The fraction of sp³-hybridized carbons (Fsp3) is 0.467. The van der Waals surface area contributed by atoms with Crippen LogP contribution in [-0.2, 0) is 6.67 Å². The Bertz CT molecular complexity index is 691. The third-order valence-electron chi connectivity index (χ3n) is 4.26. The molecule has 0 radical (unpaired) electrons. The summed E-state index contributed by atoms with van der Waals surface area (Å²) in [6.45, 7) is 7.67. The molecular weight excluding hydrogens is 296 g/mol. The Morgan fingerprint density at radius 3 is 2.39 bits per heavy atom. The number of aryl methyl sites for hydroxylation is 1. The van der Waals surface area contributed by atoms with Gasteiger partial charge >= 0.3 is 5.69 Å². The predicted molar refractivity (Wildman–Crippen MR) is 86.4 cm³/mol. The minimum Gasteiger partial charge on any atom is -0.369 e. The van der Waals surface area contributed by atoms with Crippen molar-refractivity contribution < 1.29 is 4.92 Å². The van der Waals surface area contributed by atoms with Crippen LogP contribution in [0.4, 0.5) is 11.4 Å². The molecule has 122 valence electrons. The first kappa shape index (κ1) is 15.4. The Morgan fingerprint density at radius 2 is 1.83 bits per heavy atom. The Balaban J connectivity index is 1.63. The predicted octanol–water partition coefficient (Wildman–Crippen LogP) is 1.58. The zero-order valence-corrected chi connectivity index (χ0v) is 13.3. The van der Waals surface area contributed by atoms with Gasteiger partial charge in [-0.25, -0.2) is 4.68 Å². The number of anilines is 1. The number of hydrogen-bond acceptors (Lipinski definition) is 6. The fourth-order valence-electron chi connectivity index (χ4n) is 2.98. The number of rotatable bonds is 4. The Morgan fingerprint density at radius 1 is 1.17 bits per heavy atom. The van der Waals surface area contributed by atoms with Crippen molar-refractivity contribution in [3.63, 3.8) is 0 Å². The van der Waals surface area contributed by atoms with E-state index in [4.69, 9.17) is 0 Å². The van der Waals surface area contributed by atoms with Gasteiger partial charge in [0.05, 0.1) is 11.6 Å². The minimum absolute atomic E-state index is 0.125. The van der Waals surface area contributed by atoms with Crippen molar-refractivity contribution in [2.75, 3.05) is 31.1 Å². The van der Waals surface area contributed by atoms with Gasteiger partial charge in [0.1, 0.15) is 11.4 Å². The SMILES string of the molecule is Cc1nn(CN2CCN(c3ccncc3)CC2)c(C)c1[N+](=O)[O-]. The molecule has 0 N–H and O–H groups in total. The van der Waals surface area contributed by atoms with Gasteiger partial charge in [-0.15, -0.1) is 0 Å². The van der Waals surface area contributed by atoms with Crippen LogP contribution in [0.5, 0.6) is 0 Å². The van der Waals surface area contributed by atoms with E-state index in [0.29, 0.717) is 18.1 Å². The molecule has 3 heterocycles. The van der Waals surface area contributed by atoms with Gasteiger partial charge in [-0.05, 0) is 26.0 Å². The lowest BCUT2D eigenvalue weighted by Gasteiger charge is -2.35. The number of aromatic nitrogens is 3. The Labute approximate surface area is 134 Å². The number of piperazine rings is 1. The van der Waals surface area contributed by atoms with Gasteiger partial charge in [-0.3, -0.25) is 20.0 Å². The molecule has 23 heavy (non-hydrogen) atoms. The summed E-state index contributed by atoms with van der Waals surface area (Å²) in [7, 11) is 0. The molecule has 1 fully saturated rings. The second kappa shape index (κ2) is 6.33. The third-order valence-corrected chi connectivity index (χ3v) is 4.26. The van der Waals surface area contributed by atoms with E-state index in [9.17, 15) is 10.1 Å². The van der Waals surface area contributed by atoms with E-state index in [-0.39, 0.29) is 10.6 Å². The number of pyridine rings is 1. The van der Waals surface area contributed by atoms with Crippen LogP contribution in [0.15, 0.2) is 24.5 Å². The van der Waals surface area contributed by atoms with Gasteiger partial charge in [0.15, 0.2) is 0 Å². The normalized spacial score (nSPS) is 15.8. The van der Waals surface area contributed by atoms with Gasteiger partial charge in [-0.1, -0.05) is 0 Å². The summed E-state index contributed by atoms with van der Waals surface area (Å²) in [5.74, 6) is 0. The van der Waals surface area contributed by atoms with Crippen molar-refractivity contribution in [1.82, 2.24) is 19.7 Å². The fourth-order valence-corrected chi connectivity index (χ4v) is 2.98. The second-order valence-corrected chi connectivity index (χ2v) is 5.73. The molecule has 0 bridgehead atoms. The summed E-state index contributed by atoms with van der Waals surface area (Å²) in [6.07, 6.45) is 3.60.